The molecule has 150 valence electrons. The molecule has 1 unspecified atom stereocenters. The van der Waals surface area contributed by atoms with Gasteiger partial charge in [-0.3, -0.25) is 9.79 Å². The molecule has 30 heavy (non-hydrogen) atoms. The fourth-order valence-electron chi connectivity index (χ4n) is 3.54. The second-order valence-corrected chi connectivity index (χ2v) is 6.80. The molecule has 7 nitrogen and oxygen atoms in total. The predicted molar refractivity (Wildman–Crippen MR) is 120 cm³/mol. The third-order valence-electron chi connectivity index (χ3n) is 5.07. The van der Waals surface area contributed by atoms with Crippen molar-refractivity contribution >= 4 is 29.3 Å². The summed E-state index contributed by atoms with van der Waals surface area (Å²) in [5.41, 5.74) is 8.23. The molecule has 0 aliphatic rings. The molecule has 2 aromatic carbocycles. The maximum atomic E-state index is 13.4. The van der Waals surface area contributed by atoms with E-state index in [0.29, 0.717) is 39.5 Å². The minimum Gasteiger partial charge on any atom is -0.458 e. The molecule has 0 amide bonds. The molecule has 2 heterocycles. The minimum atomic E-state index is -0.448. The molecule has 0 bridgehead atoms. The minimum absolute atomic E-state index is 0.0972. The van der Waals surface area contributed by atoms with Crippen molar-refractivity contribution in [3.8, 4) is 11.1 Å². The van der Waals surface area contributed by atoms with Gasteiger partial charge in [0, 0.05) is 7.05 Å². The number of fused-ring (bicyclic) bond motifs is 1. The Hall–Kier alpha value is -4.00. The van der Waals surface area contributed by atoms with E-state index in [9.17, 15) is 4.79 Å². The van der Waals surface area contributed by atoms with Gasteiger partial charge < -0.3 is 10.2 Å². The first-order chi connectivity index (χ1) is 14.6. The Labute approximate surface area is 173 Å². The number of rotatable bonds is 5. The summed E-state index contributed by atoms with van der Waals surface area (Å²) in [4.78, 5) is 21.6. The van der Waals surface area contributed by atoms with Gasteiger partial charge in [0.2, 0.25) is 5.43 Å². The average molecular weight is 399 g/mol. The molecule has 0 spiro atoms. The number of nitrogens with zero attached hydrogens (tertiary/aromatic N) is 4. The SMILES string of the molecule is C=Nc1c(C(N)=NC)cnn1C(C)c1oc2ccccc2c(=O)c1-c1ccccc1. The predicted octanol–water partition coefficient (Wildman–Crippen LogP) is 3.93. The van der Waals surface area contributed by atoms with E-state index < -0.39 is 6.04 Å². The van der Waals surface area contributed by atoms with Crippen molar-refractivity contribution in [2.45, 2.75) is 13.0 Å². The summed E-state index contributed by atoms with van der Waals surface area (Å²) < 4.78 is 7.89. The Balaban J connectivity index is 2.00. The molecular weight excluding hydrogens is 378 g/mol. The fraction of sp³-hybridized carbons (Fsp3) is 0.130. The zero-order valence-electron chi connectivity index (χ0n) is 16.7. The van der Waals surface area contributed by atoms with E-state index >= 15 is 0 Å². The molecule has 0 aliphatic carbocycles. The van der Waals surface area contributed by atoms with E-state index in [0.717, 1.165) is 5.56 Å². The maximum Gasteiger partial charge on any atom is 0.200 e. The number of aliphatic imine (C=N–C) groups is 2. The zero-order chi connectivity index (χ0) is 21.3. The van der Waals surface area contributed by atoms with Crippen LogP contribution in [-0.2, 0) is 0 Å². The van der Waals surface area contributed by atoms with Gasteiger partial charge in [-0.05, 0) is 31.3 Å². The van der Waals surface area contributed by atoms with Crippen molar-refractivity contribution in [2.75, 3.05) is 7.05 Å². The van der Waals surface area contributed by atoms with Crippen molar-refractivity contribution in [1.29, 1.82) is 0 Å². The standard InChI is InChI=1S/C23H21N5O2/c1-14(28-23(26-3)17(13-27-28)22(24)25-2)21-19(15-9-5-4-6-10-15)20(29)16-11-7-8-12-18(16)30-21/h4-14H,3H2,1-2H3,(H2,24,25). The summed E-state index contributed by atoms with van der Waals surface area (Å²) >= 11 is 0. The highest BCUT2D eigenvalue weighted by atomic mass is 16.3. The lowest BCUT2D eigenvalue weighted by Gasteiger charge is -2.18. The quantitative estimate of drug-likeness (QED) is 0.406. The van der Waals surface area contributed by atoms with Crippen LogP contribution in [0.1, 0.15) is 24.3 Å². The smallest absolute Gasteiger partial charge is 0.200 e. The number of hydrogen-bond acceptors (Lipinski definition) is 5. The molecule has 0 aliphatic heterocycles. The highest BCUT2D eigenvalue weighted by molar-refractivity contribution is 6.01. The summed E-state index contributed by atoms with van der Waals surface area (Å²) in [5.74, 6) is 1.25. The van der Waals surface area contributed by atoms with Crippen LogP contribution in [0.25, 0.3) is 22.1 Å². The van der Waals surface area contributed by atoms with Crippen LogP contribution < -0.4 is 11.2 Å². The zero-order valence-corrected chi connectivity index (χ0v) is 16.7. The van der Waals surface area contributed by atoms with Crippen molar-refractivity contribution in [3.05, 3.63) is 82.3 Å². The second-order valence-electron chi connectivity index (χ2n) is 6.80. The third-order valence-corrected chi connectivity index (χ3v) is 5.07. The van der Waals surface area contributed by atoms with Crippen molar-refractivity contribution in [3.63, 3.8) is 0 Å². The summed E-state index contributed by atoms with van der Waals surface area (Å²) in [6.07, 6.45) is 1.59. The van der Waals surface area contributed by atoms with E-state index in [1.807, 2.05) is 49.4 Å². The topological polar surface area (TPSA) is 98.8 Å². The summed E-state index contributed by atoms with van der Waals surface area (Å²) in [7, 11) is 1.60. The molecule has 4 rings (SSSR count). The van der Waals surface area contributed by atoms with Crippen LogP contribution >= 0.6 is 0 Å². The Bertz CT molecular complexity index is 1320. The maximum absolute atomic E-state index is 13.4. The number of nitrogens with two attached hydrogens (primary N) is 1. The van der Waals surface area contributed by atoms with Crippen LogP contribution in [-0.4, -0.2) is 29.4 Å². The number of benzene rings is 2. The van der Waals surface area contributed by atoms with Gasteiger partial charge in [0.15, 0.2) is 5.82 Å². The van der Waals surface area contributed by atoms with E-state index in [1.54, 1.807) is 30.1 Å². The lowest BCUT2D eigenvalue weighted by atomic mass is 9.99. The highest BCUT2D eigenvalue weighted by Crippen LogP contribution is 2.33. The van der Waals surface area contributed by atoms with E-state index in [1.165, 1.54) is 0 Å². The summed E-state index contributed by atoms with van der Waals surface area (Å²) in [6.45, 7) is 5.54. The van der Waals surface area contributed by atoms with Gasteiger partial charge in [0.05, 0.1) is 22.7 Å². The molecule has 0 radical (unpaired) electrons. The Morgan fingerprint density at radius 3 is 2.57 bits per heavy atom. The third kappa shape index (κ3) is 3.10. The van der Waals surface area contributed by atoms with Crippen LogP contribution in [0.5, 0.6) is 0 Å². The van der Waals surface area contributed by atoms with E-state index in [2.05, 4.69) is 21.8 Å². The first-order valence-electron chi connectivity index (χ1n) is 9.44. The van der Waals surface area contributed by atoms with Crippen molar-refractivity contribution < 1.29 is 4.42 Å². The molecule has 2 aromatic heterocycles. The molecule has 1 atom stereocenters. The lowest BCUT2D eigenvalue weighted by molar-refractivity contribution is 0.441. The number of amidine groups is 1. The van der Waals surface area contributed by atoms with Crippen LogP contribution in [0.2, 0.25) is 0 Å². The van der Waals surface area contributed by atoms with Gasteiger partial charge in [0.1, 0.15) is 23.2 Å². The first-order valence-corrected chi connectivity index (χ1v) is 9.44. The van der Waals surface area contributed by atoms with E-state index in [4.69, 9.17) is 10.2 Å². The average Bonchev–Trinajstić information content (AvgIpc) is 3.22. The molecule has 4 aromatic rings. The Morgan fingerprint density at radius 2 is 1.87 bits per heavy atom. The van der Waals surface area contributed by atoms with Gasteiger partial charge >= 0.3 is 0 Å². The Kier molecular flexibility index (Phi) is 5.02. The van der Waals surface area contributed by atoms with Crippen LogP contribution in [0.4, 0.5) is 5.82 Å². The lowest BCUT2D eigenvalue weighted by Crippen LogP contribution is -2.16. The number of para-hydroxylation sites is 1. The van der Waals surface area contributed by atoms with Gasteiger partial charge in [-0.1, -0.05) is 42.5 Å². The normalized spacial score (nSPS) is 12.8. The van der Waals surface area contributed by atoms with Crippen LogP contribution in [0.3, 0.4) is 0 Å². The largest absolute Gasteiger partial charge is 0.458 e. The summed E-state index contributed by atoms with van der Waals surface area (Å²) in [5, 5.41) is 4.96. The van der Waals surface area contributed by atoms with Gasteiger partial charge in [-0.25, -0.2) is 9.67 Å². The van der Waals surface area contributed by atoms with Crippen LogP contribution in [0, 0.1) is 0 Å². The second kappa shape index (κ2) is 7.79. The fourth-order valence-corrected chi connectivity index (χ4v) is 3.54. The molecular formula is C23H21N5O2. The van der Waals surface area contributed by atoms with Gasteiger partial charge in [0.25, 0.3) is 0 Å². The highest BCUT2D eigenvalue weighted by Gasteiger charge is 2.25. The van der Waals surface area contributed by atoms with E-state index in [-0.39, 0.29) is 5.43 Å². The number of hydrogen-bond donors (Lipinski definition) is 1. The molecule has 0 saturated heterocycles. The number of aromatic nitrogens is 2. The van der Waals surface area contributed by atoms with Gasteiger partial charge in [-0.2, -0.15) is 5.10 Å². The first kappa shape index (κ1) is 19.3. The van der Waals surface area contributed by atoms with Gasteiger partial charge in [-0.15, -0.1) is 0 Å². The summed E-state index contributed by atoms with van der Waals surface area (Å²) in [6, 6.07) is 16.2. The van der Waals surface area contributed by atoms with Crippen molar-refractivity contribution in [1.82, 2.24) is 9.78 Å². The monoisotopic (exact) mass is 399 g/mol. The Morgan fingerprint density at radius 1 is 1.17 bits per heavy atom. The molecule has 7 heteroatoms. The molecule has 0 saturated carbocycles. The van der Waals surface area contributed by atoms with Crippen LogP contribution in [0.15, 0.2) is 80.0 Å². The van der Waals surface area contributed by atoms with Crippen molar-refractivity contribution in [2.24, 2.45) is 15.7 Å². The molecule has 0 fully saturated rings. The molecule has 2 N–H and O–H groups in total.